The molecule has 5 nitrogen and oxygen atoms in total. The number of benzene rings is 2. The molecule has 1 saturated carbocycles. The number of hydrogen-bond acceptors (Lipinski definition) is 3. The highest BCUT2D eigenvalue weighted by molar-refractivity contribution is 9.10. The highest BCUT2D eigenvalue weighted by atomic mass is 79.9. The van der Waals surface area contributed by atoms with E-state index in [4.69, 9.17) is 11.6 Å². The van der Waals surface area contributed by atoms with Crippen LogP contribution in [0.1, 0.15) is 28.8 Å². The molecule has 1 N–H and O–H groups in total. The van der Waals surface area contributed by atoms with Gasteiger partial charge in [-0.05, 0) is 58.6 Å². The van der Waals surface area contributed by atoms with E-state index in [9.17, 15) is 13.2 Å². The van der Waals surface area contributed by atoms with Crippen LogP contribution in [0.5, 0.6) is 0 Å². The second-order valence-electron chi connectivity index (χ2n) is 6.29. The van der Waals surface area contributed by atoms with E-state index in [1.807, 2.05) is 18.2 Å². The first kappa shape index (κ1) is 19.4. The minimum Gasteiger partial charge on any atom is -0.337 e. The lowest BCUT2D eigenvalue weighted by Gasteiger charge is -2.19. The zero-order valence-corrected chi connectivity index (χ0v) is 17.2. The number of nitrogens with one attached hydrogen (secondary N) is 1. The number of nitrogens with zero attached hydrogens (tertiary/aromatic N) is 1. The van der Waals surface area contributed by atoms with Crippen LogP contribution in [0, 0.1) is 0 Å². The summed E-state index contributed by atoms with van der Waals surface area (Å²) in [4.78, 5) is 14.4. The van der Waals surface area contributed by atoms with E-state index in [2.05, 4.69) is 20.7 Å². The van der Waals surface area contributed by atoms with E-state index in [1.54, 1.807) is 19.2 Å². The average Bonchev–Trinajstić information content (AvgIpc) is 3.39. The zero-order chi connectivity index (χ0) is 18.9. The third-order valence-corrected chi connectivity index (χ3v) is 6.67. The highest BCUT2D eigenvalue weighted by Gasteiger charge is 2.29. The predicted molar refractivity (Wildman–Crippen MR) is 105 cm³/mol. The van der Waals surface area contributed by atoms with Gasteiger partial charge < -0.3 is 4.90 Å². The standard InChI is InChI=1S/C18H18BrClN2O3S/c1-22(11-12-4-2-3-5-17(12)20)18(23)15-10-14(8-9-16(15)19)26(24,25)21-13-6-7-13/h2-5,8-10,13,21H,6-7,11H2,1H3. The Morgan fingerprint density at radius 2 is 1.96 bits per heavy atom. The largest absolute Gasteiger partial charge is 0.337 e. The van der Waals surface area contributed by atoms with E-state index in [1.165, 1.54) is 17.0 Å². The first-order valence-corrected chi connectivity index (χ1v) is 10.7. The lowest BCUT2D eigenvalue weighted by atomic mass is 10.1. The number of carbonyl (C=O) groups is 1. The summed E-state index contributed by atoms with van der Waals surface area (Å²) in [6.07, 6.45) is 1.70. The van der Waals surface area contributed by atoms with Crippen molar-refractivity contribution in [1.82, 2.24) is 9.62 Å². The fraction of sp³-hybridized carbons (Fsp3) is 0.278. The number of hydrogen-bond donors (Lipinski definition) is 1. The van der Waals surface area contributed by atoms with Crippen LogP contribution in [-0.4, -0.2) is 32.3 Å². The van der Waals surface area contributed by atoms with Crippen molar-refractivity contribution < 1.29 is 13.2 Å². The number of halogens is 2. The Kier molecular flexibility index (Phi) is 5.72. The summed E-state index contributed by atoms with van der Waals surface area (Å²) in [5.74, 6) is -0.291. The molecule has 0 aromatic heterocycles. The van der Waals surface area contributed by atoms with Crippen molar-refractivity contribution in [3.63, 3.8) is 0 Å². The number of sulfonamides is 1. The van der Waals surface area contributed by atoms with Gasteiger partial charge in [-0.25, -0.2) is 13.1 Å². The molecule has 26 heavy (non-hydrogen) atoms. The quantitative estimate of drug-likeness (QED) is 0.717. The first-order valence-electron chi connectivity index (χ1n) is 8.08. The Labute approximate surface area is 166 Å². The molecular weight excluding hydrogens is 440 g/mol. The molecule has 1 fully saturated rings. The van der Waals surface area contributed by atoms with Crippen molar-refractivity contribution in [2.75, 3.05) is 7.05 Å². The third kappa shape index (κ3) is 4.46. The molecule has 1 aliphatic rings. The summed E-state index contributed by atoms with van der Waals surface area (Å²) in [5.41, 5.74) is 1.11. The van der Waals surface area contributed by atoms with Crippen molar-refractivity contribution >= 4 is 43.5 Å². The van der Waals surface area contributed by atoms with Crippen LogP contribution >= 0.6 is 27.5 Å². The molecule has 3 rings (SSSR count). The summed E-state index contributed by atoms with van der Waals surface area (Å²) >= 11 is 9.50. The van der Waals surface area contributed by atoms with Crippen molar-refractivity contribution in [3.05, 3.63) is 63.1 Å². The molecular formula is C18H18BrClN2O3S. The van der Waals surface area contributed by atoms with Gasteiger partial charge in [-0.2, -0.15) is 0 Å². The second kappa shape index (κ2) is 7.68. The molecule has 0 spiro atoms. The Balaban J connectivity index is 1.84. The molecule has 1 amide bonds. The molecule has 2 aromatic carbocycles. The Morgan fingerprint density at radius 1 is 1.27 bits per heavy atom. The zero-order valence-electron chi connectivity index (χ0n) is 14.1. The topological polar surface area (TPSA) is 66.5 Å². The van der Waals surface area contributed by atoms with Crippen LogP contribution in [-0.2, 0) is 16.6 Å². The fourth-order valence-corrected chi connectivity index (χ4v) is 4.43. The van der Waals surface area contributed by atoms with Crippen LogP contribution in [0.3, 0.4) is 0 Å². The van der Waals surface area contributed by atoms with Gasteiger partial charge in [0.1, 0.15) is 0 Å². The molecule has 0 heterocycles. The van der Waals surface area contributed by atoms with Gasteiger partial charge in [-0.1, -0.05) is 29.8 Å². The lowest BCUT2D eigenvalue weighted by Crippen LogP contribution is -2.28. The van der Waals surface area contributed by atoms with Crippen molar-refractivity contribution in [1.29, 1.82) is 0 Å². The minimum absolute atomic E-state index is 0.00527. The molecule has 1 aliphatic carbocycles. The van der Waals surface area contributed by atoms with Crippen LogP contribution in [0.4, 0.5) is 0 Å². The Hall–Kier alpha value is -1.41. The maximum absolute atomic E-state index is 12.8. The van der Waals surface area contributed by atoms with Gasteiger partial charge in [0, 0.05) is 29.1 Å². The van der Waals surface area contributed by atoms with Gasteiger partial charge in [-0.3, -0.25) is 4.79 Å². The Bertz CT molecular complexity index is 945. The van der Waals surface area contributed by atoms with Gasteiger partial charge in [0.05, 0.1) is 10.5 Å². The van der Waals surface area contributed by atoms with Gasteiger partial charge >= 0.3 is 0 Å². The van der Waals surface area contributed by atoms with Crippen molar-refractivity contribution in [2.45, 2.75) is 30.3 Å². The van der Waals surface area contributed by atoms with Crippen LogP contribution < -0.4 is 4.72 Å². The molecule has 0 radical (unpaired) electrons. The van der Waals surface area contributed by atoms with E-state index in [0.29, 0.717) is 21.6 Å². The monoisotopic (exact) mass is 456 g/mol. The van der Waals surface area contributed by atoms with Crippen molar-refractivity contribution in [2.24, 2.45) is 0 Å². The predicted octanol–water partition coefficient (Wildman–Crippen LogP) is 3.82. The van der Waals surface area contributed by atoms with Gasteiger partial charge in [-0.15, -0.1) is 0 Å². The number of rotatable bonds is 6. The van der Waals surface area contributed by atoms with E-state index >= 15 is 0 Å². The molecule has 0 aliphatic heterocycles. The van der Waals surface area contributed by atoms with Gasteiger partial charge in [0.25, 0.3) is 5.91 Å². The normalized spacial score (nSPS) is 14.3. The average molecular weight is 458 g/mol. The maximum Gasteiger partial charge on any atom is 0.255 e. The van der Waals surface area contributed by atoms with Crippen LogP contribution in [0.2, 0.25) is 5.02 Å². The van der Waals surface area contributed by atoms with Gasteiger partial charge in [0.2, 0.25) is 10.0 Å². The lowest BCUT2D eigenvalue weighted by molar-refractivity contribution is 0.0784. The molecule has 0 saturated heterocycles. The van der Waals surface area contributed by atoms with Crippen LogP contribution in [0.15, 0.2) is 51.8 Å². The van der Waals surface area contributed by atoms with E-state index < -0.39 is 10.0 Å². The fourth-order valence-electron chi connectivity index (χ4n) is 2.48. The molecule has 8 heteroatoms. The molecule has 0 unspecified atom stereocenters. The number of carbonyl (C=O) groups excluding carboxylic acids is 1. The molecule has 0 bridgehead atoms. The molecule has 138 valence electrons. The summed E-state index contributed by atoms with van der Waals surface area (Å²) < 4.78 is 28.0. The number of amides is 1. The second-order valence-corrected chi connectivity index (χ2v) is 9.27. The van der Waals surface area contributed by atoms with E-state index in [0.717, 1.165) is 18.4 Å². The Morgan fingerprint density at radius 3 is 2.62 bits per heavy atom. The summed E-state index contributed by atoms with van der Waals surface area (Å²) in [7, 11) is -1.97. The van der Waals surface area contributed by atoms with Crippen LogP contribution in [0.25, 0.3) is 0 Å². The summed E-state index contributed by atoms with van der Waals surface area (Å²) in [5, 5.41) is 0.580. The van der Waals surface area contributed by atoms with E-state index in [-0.39, 0.29) is 16.8 Å². The summed E-state index contributed by atoms with van der Waals surface area (Å²) in [6.45, 7) is 0.322. The van der Waals surface area contributed by atoms with Gasteiger partial charge in [0.15, 0.2) is 0 Å². The first-order chi connectivity index (χ1) is 12.3. The minimum atomic E-state index is -3.62. The molecule has 2 aromatic rings. The SMILES string of the molecule is CN(Cc1ccccc1Cl)C(=O)c1cc(S(=O)(=O)NC2CC2)ccc1Br. The van der Waals surface area contributed by atoms with Crippen molar-refractivity contribution in [3.8, 4) is 0 Å². The third-order valence-electron chi connectivity index (χ3n) is 4.09. The summed E-state index contributed by atoms with van der Waals surface area (Å²) in [6, 6.07) is 11.8. The maximum atomic E-state index is 12.8. The highest BCUT2D eigenvalue weighted by Crippen LogP contribution is 2.26. The molecule has 0 atom stereocenters. The smallest absolute Gasteiger partial charge is 0.255 e.